The summed E-state index contributed by atoms with van der Waals surface area (Å²) < 4.78 is 0.696. The third kappa shape index (κ3) is 10.9. The van der Waals surface area contributed by atoms with Crippen molar-refractivity contribution in [2.45, 2.75) is 21.3 Å². The Balaban J connectivity index is 4.14. The van der Waals surface area contributed by atoms with Crippen LogP contribution in [-0.4, -0.2) is 39.6 Å². The van der Waals surface area contributed by atoms with Crippen LogP contribution in [0, 0.1) is 0 Å². The van der Waals surface area contributed by atoms with Crippen molar-refractivity contribution in [3.05, 3.63) is 0 Å². The minimum Gasteiger partial charge on any atom is -0.130 e. The van der Waals surface area contributed by atoms with Crippen LogP contribution in [0.3, 0.4) is 0 Å². The molecule has 0 aromatic heterocycles. The van der Waals surface area contributed by atoms with Gasteiger partial charge in [0, 0.05) is 9.02 Å². The molecule has 0 heterocycles. The molecule has 0 N–H and O–H groups in total. The second-order valence-corrected chi connectivity index (χ2v) is 24.2. The van der Waals surface area contributed by atoms with Crippen LogP contribution in [0.15, 0.2) is 0 Å². The molecule has 0 spiro atoms. The average molecular weight is 434 g/mol. The van der Waals surface area contributed by atoms with Crippen LogP contribution in [0.1, 0.15) is 6.92 Å². The van der Waals surface area contributed by atoms with Gasteiger partial charge in [-0.25, -0.2) is 0 Å². The minimum absolute atomic E-state index is 0.00380. The average Bonchev–Trinajstić information content (AvgIpc) is 2.23. The zero-order chi connectivity index (χ0) is 14.4. The number of hydrogen-bond donors (Lipinski definition) is 0. The second kappa shape index (κ2) is 11.0. The van der Waals surface area contributed by atoms with E-state index in [4.69, 9.17) is 0 Å². The van der Waals surface area contributed by atoms with Crippen molar-refractivity contribution in [1.82, 2.24) is 0 Å². The van der Waals surface area contributed by atoms with Crippen molar-refractivity contribution in [2.75, 3.05) is 25.2 Å². The van der Waals surface area contributed by atoms with E-state index in [2.05, 4.69) is 68.7 Å². The van der Waals surface area contributed by atoms with E-state index >= 15 is 0 Å². The summed E-state index contributed by atoms with van der Waals surface area (Å²) in [5.74, 6) is 0. The first-order valence-corrected chi connectivity index (χ1v) is 15.8. The summed E-state index contributed by atoms with van der Waals surface area (Å²) in [5.41, 5.74) is 0. The summed E-state index contributed by atoms with van der Waals surface area (Å²) in [6, 6.07) is 0. The van der Waals surface area contributed by atoms with Crippen LogP contribution in [0.25, 0.3) is 0 Å². The van der Waals surface area contributed by atoms with Crippen molar-refractivity contribution in [1.29, 1.82) is 0 Å². The largest absolute Gasteiger partial charge is 0.130 e. The lowest BCUT2D eigenvalue weighted by molar-refractivity contribution is 1.32. The molecule has 0 bridgehead atoms. The summed E-state index contributed by atoms with van der Waals surface area (Å²) in [5, 5.41) is 0.799. The quantitative estimate of drug-likeness (QED) is 0.453. The van der Waals surface area contributed by atoms with Gasteiger partial charge in [0.2, 0.25) is 0 Å². The van der Waals surface area contributed by atoms with Crippen LogP contribution >= 0.6 is 88.5 Å². The third-order valence-electron chi connectivity index (χ3n) is 2.36. The Kier molecular flexibility index (Phi) is 13.6. The first-order valence-electron chi connectivity index (χ1n) is 5.74. The van der Waals surface area contributed by atoms with Crippen molar-refractivity contribution in [3.63, 3.8) is 0 Å². The van der Waals surface area contributed by atoms with Gasteiger partial charge in [0.25, 0.3) is 0 Å². The molecule has 0 amide bonds. The maximum atomic E-state index is 3.10. The molecule has 0 aliphatic rings. The highest BCUT2D eigenvalue weighted by molar-refractivity contribution is 8.18. The van der Waals surface area contributed by atoms with Gasteiger partial charge in [-0.3, -0.25) is 0 Å². The monoisotopic (exact) mass is 434 g/mol. The Hall–Kier alpha value is 4.30. The molecule has 11 unspecified atom stereocenters. The van der Waals surface area contributed by atoms with Crippen molar-refractivity contribution in [3.8, 4) is 0 Å². The molecule has 0 fully saturated rings. The normalized spacial score (nSPS) is 18.7. The molecule has 0 aliphatic carbocycles. The van der Waals surface area contributed by atoms with E-state index in [0.29, 0.717) is 9.02 Å². The summed E-state index contributed by atoms with van der Waals surface area (Å²) in [7, 11) is 21.5. The fraction of sp³-hybridized carbons (Fsp3) is 1.00. The molecule has 0 saturated heterocycles. The highest BCUT2D eigenvalue weighted by Gasteiger charge is 2.28. The molecule has 0 nitrogen and oxygen atoms in total. The zero-order valence-corrected chi connectivity index (χ0v) is 21.9. The molecule has 0 aromatic carbocycles. The third-order valence-corrected chi connectivity index (χ3v) is 19.5. The smallest absolute Gasteiger partial charge is 0.0329 e. The van der Waals surface area contributed by atoms with Gasteiger partial charge in [0.15, 0.2) is 0 Å². The maximum absolute atomic E-state index is 3.10. The molecule has 0 radical (unpaired) electrons. The highest BCUT2D eigenvalue weighted by Crippen LogP contribution is 2.67. The Labute approximate surface area is 134 Å². The molecule has 10 heteroatoms. The summed E-state index contributed by atoms with van der Waals surface area (Å²) in [6.07, 6.45) is 4.00. The fourth-order valence-electron chi connectivity index (χ4n) is 1.12. The van der Waals surface area contributed by atoms with Crippen LogP contribution in [0.5, 0.6) is 0 Å². The Morgan fingerprint density at radius 1 is 1.22 bits per heavy atom. The summed E-state index contributed by atoms with van der Waals surface area (Å²) in [4.78, 5) is 0. The van der Waals surface area contributed by atoms with Crippen LogP contribution < -0.4 is 0 Å². The van der Waals surface area contributed by atoms with Crippen LogP contribution in [-0.2, 0) is 0 Å². The molecular formula is C8H28P10. The molecule has 110 valence electrons. The lowest BCUT2D eigenvalue weighted by atomic mass is 10.9. The first-order chi connectivity index (χ1) is 8.10. The van der Waals surface area contributed by atoms with Crippen LogP contribution in [0.2, 0.25) is 0 Å². The van der Waals surface area contributed by atoms with Gasteiger partial charge >= 0.3 is 0 Å². The Morgan fingerprint density at radius 2 is 1.78 bits per heavy atom. The van der Waals surface area contributed by atoms with E-state index in [1.165, 1.54) is 18.5 Å². The maximum Gasteiger partial charge on any atom is 0.0329 e. The Morgan fingerprint density at radius 3 is 2.22 bits per heavy atom. The highest BCUT2D eigenvalue weighted by atomic mass is 32.0. The van der Waals surface area contributed by atoms with E-state index in [1.54, 1.807) is 0 Å². The molecule has 0 aromatic rings. The predicted octanol–water partition coefficient (Wildman–Crippen LogP) is 4.91. The van der Waals surface area contributed by atoms with E-state index in [1.807, 2.05) is 0 Å². The van der Waals surface area contributed by atoms with Crippen molar-refractivity contribution in [2.24, 2.45) is 0 Å². The minimum atomic E-state index is 0.00380. The van der Waals surface area contributed by atoms with E-state index in [-0.39, 0.29) is 7.61 Å². The molecule has 0 aliphatic heterocycles. The van der Waals surface area contributed by atoms with Crippen LogP contribution in [0.4, 0.5) is 0 Å². The van der Waals surface area contributed by atoms with Gasteiger partial charge in [-0.15, -0.1) is 72.3 Å². The zero-order valence-electron chi connectivity index (χ0n) is 11.1. The van der Waals surface area contributed by atoms with Gasteiger partial charge < -0.3 is 0 Å². The predicted molar refractivity (Wildman–Crippen MR) is 126 cm³/mol. The first kappa shape index (κ1) is 22.3. The summed E-state index contributed by atoms with van der Waals surface area (Å²) in [6.45, 7) is 4.62. The van der Waals surface area contributed by atoms with Gasteiger partial charge in [-0.2, -0.15) is 0 Å². The standard InChI is InChI=1S/C8H28P10/c1-3-15-4-6(9)17-8(12,13)16-5-7(10,11)18(2)14/h6,15-17H,3-5,9-14H2,1-2H3. The second-order valence-electron chi connectivity index (χ2n) is 4.38. The van der Waals surface area contributed by atoms with Gasteiger partial charge in [-0.1, -0.05) is 23.1 Å². The van der Waals surface area contributed by atoms with Crippen molar-refractivity contribution < 1.29 is 0 Å². The van der Waals surface area contributed by atoms with E-state index < -0.39 is 0 Å². The van der Waals surface area contributed by atoms with E-state index in [0.717, 1.165) is 31.1 Å². The molecule has 11 atom stereocenters. The van der Waals surface area contributed by atoms with Gasteiger partial charge in [0.1, 0.15) is 0 Å². The number of hydrogen-bond acceptors (Lipinski definition) is 0. The molecule has 0 saturated carbocycles. The van der Waals surface area contributed by atoms with Gasteiger partial charge in [-0.05, 0) is 30.6 Å². The fourth-order valence-corrected chi connectivity index (χ4v) is 12.5. The summed E-state index contributed by atoms with van der Waals surface area (Å²) >= 11 is 0. The van der Waals surface area contributed by atoms with Crippen molar-refractivity contribution >= 4 is 88.5 Å². The molecule has 0 rings (SSSR count). The SMILES string of the molecule is CCPCC(P)PC(P)(P)PCC(P)(P)P(C)P. The molecular weight excluding hydrogens is 406 g/mol. The number of rotatable bonds is 9. The topological polar surface area (TPSA) is 0 Å². The van der Waals surface area contributed by atoms with E-state index in [9.17, 15) is 0 Å². The lowest BCUT2D eigenvalue weighted by Gasteiger charge is -2.34. The molecule has 18 heavy (non-hydrogen) atoms. The lowest BCUT2D eigenvalue weighted by Crippen LogP contribution is -2.12. The van der Waals surface area contributed by atoms with Gasteiger partial charge in [0.05, 0.1) is 0 Å². The Bertz CT molecular complexity index is 228.